The van der Waals surface area contributed by atoms with E-state index in [1.807, 2.05) is 18.2 Å². The third-order valence-corrected chi connectivity index (χ3v) is 3.75. The third kappa shape index (κ3) is 3.27. The van der Waals surface area contributed by atoms with Crippen LogP contribution in [0.25, 0.3) is 0 Å². The van der Waals surface area contributed by atoms with Gasteiger partial charge in [0.2, 0.25) is 0 Å². The van der Waals surface area contributed by atoms with Crippen LogP contribution in [0.5, 0.6) is 0 Å². The number of hydrogen-bond acceptors (Lipinski definition) is 2. The first-order valence-corrected chi connectivity index (χ1v) is 7.45. The van der Waals surface area contributed by atoms with Crippen LogP contribution in [0.15, 0.2) is 65.9 Å². The molecule has 0 radical (unpaired) electrons. The molecule has 0 spiro atoms. The molecule has 0 aliphatic carbocycles. The van der Waals surface area contributed by atoms with Gasteiger partial charge in [-0.05, 0) is 36.8 Å². The van der Waals surface area contributed by atoms with Gasteiger partial charge in [0.05, 0.1) is 11.6 Å². The van der Waals surface area contributed by atoms with Crippen molar-refractivity contribution in [1.29, 1.82) is 0 Å². The monoisotopic (exact) mass is 325 g/mol. The van der Waals surface area contributed by atoms with E-state index in [0.717, 1.165) is 0 Å². The minimum absolute atomic E-state index is 0.333. The number of nitrogens with one attached hydrogen (secondary N) is 3. The van der Waals surface area contributed by atoms with E-state index in [-0.39, 0.29) is 11.7 Å². The molecule has 1 heterocycles. The lowest BCUT2D eigenvalue weighted by Gasteiger charge is -2.28. The predicted octanol–water partition coefficient (Wildman–Crippen LogP) is 3.09. The number of anilines is 1. The molecule has 0 aromatic heterocycles. The molecule has 0 saturated heterocycles. The Morgan fingerprint density at radius 2 is 1.75 bits per heavy atom. The first-order valence-electron chi connectivity index (χ1n) is 7.45. The lowest BCUT2D eigenvalue weighted by Crippen LogP contribution is -2.45. The summed E-state index contributed by atoms with van der Waals surface area (Å²) < 4.78 is 13.2. The highest BCUT2D eigenvalue weighted by atomic mass is 19.1. The fourth-order valence-corrected chi connectivity index (χ4v) is 2.62. The van der Waals surface area contributed by atoms with E-state index >= 15 is 0 Å². The van der Waals surface area contributed by atoms with Crippen LogP contribution in [0.3, 0.4) is 0 Å². The third-order valence-electron chi connectivity index (χ3n) is 3.75. The Morgan fingerprint density at radius 3 is 2.42 bits per heavy atom. The van der Waals surface area contributed by atoms with Gasteiger partial charge in [0, 0.05) is 11.4 Å². The normalized spacial score (nSPS) is 17.1. The highest BCUT2D eigenvalue weighted by molar-refractivity contribution is 6.06. The van der Waals surface area contributed by atoms with Crippen molar-refractivity contribution in [3.63, 3.8) is 0 Å². The highest BCUT2D eigenvalue weighted by Crippen LogP contribution is 2.27. The Morgan fingerprint density at radius 1 is 1.08 bits per heavy atom. The fourth-order valence-electron chi connectivity index (χ4n) is 2.62. The molecule has 122 valence electrons. The molecule has 24 heavy (non-hydrogen) atoms. The molecule has 0 fully saturated rings. The summed E-state index contributed by atoms with van der Waals surface area (Å²) in [6.07, 6.45) is 0. The summed E-state index contributed by atoms with van der Waals surface area (Å²) in [5, 5.41) is 8.12. The van der Waals surface area contributed by atoms with Crippen molar-refractivity contribution in [2.45, 2.75) is 13.0 Å². The number of amides is 3. The topological polar surface area (TPSA) is 70.2 Å². The number of allylic oxidation sites excluding steroid dienone is 1. The van der Waals surface area contributed by atoms with Crippen LogP contribution in [-0.2, 0) is 4.79 Å². The second-order valence-electron chi connectivity index (χ2n) is 5.44. The fraction of sp³-hybridized carbons (Fsp3) is 0.111. The minimum Gasteiger partial charge on any atom is -0.327 e. The second-order valence-corrected chi connectivity index (χ2v) is 5.44. The van der Waals surface area contributed by atoms with E-state index in [0.29, 0.717) is 22.5 Å². The van der Waals surface area contributed by atoms with Crippen LogP contribution < -0.4 is 16.0 Å². The molecule has 5 nitrogen and oxygen atoms in total. The van der Waals surface area contributed by atoms with Crippen molar-refractivity contribution >= 4 is 17.6 Å². The van der Waals surface area contributed by atoms with E-state index < -0.39 is 12.1 Å². The maximum absolute atomic E-state index is 13.2. The van der Waals surface area contributed by atoms with Crippen LogP contribution >= 0.6 is 0 Å². The zero-order chi connectivity index (χ0) is 17.1. The van der Waals surface area contributed by atoms with Crippen LogP contribution in [0.1, 0.15) is 18.5 Å². The standard InChI is InChI=1S/C18H16FN3O2/c1-11-15(17(23)21-14-5-3-2-4-6-14)16(22-18(24)20-11)12-7-9-13(19)10-8-12/h2-10,16H,1H3,(H,21,23)(H2,20,22,24)/t16-/m1/s1. The molecule has 1 atom stereocenters. The van der Waals surface area contributed by atoms with Crippen molar-refractivity contribution < 1.29 is 14.0 Å². The number of halogens is 1. The SMILES string of the molecule is CC1=C(C(=O)Nc2ccccc2)[C@@H](c2ccc(F)cc2)NC(=O)N1. The maximum Gasteiger partial charge on any atom is 0.319 e. The van der Waals surface area contributed by atoms with E-state index in [4.69, 9.17) is 0 Å². The van der Waals surface area contributed by atoms with E-state index in [1.54, 1.807) is 31.2 Å². The van der Waals surface area contributed by atoms with Crippen LogP contribution in [0.2, 0.25) is 0 Å². The van der Waals surface area contributed by atoms with Crippen molar-refractivity contribution in [2.75, 3.05) is 5.32 Å². The Bertz CT molecular complexity index is 801. The molecule has 0 unspecified atom stereocenters. The minimum atomic E-state index is -0.650. The van der Waals surface area contributed by atoms with Gasteiger partial charge in [-0.15, -0.1) is 0 Å². The average Bonchev–Trinajstić information content (AvgIpc) is 2.55. The summed E-state index contributed by atoms with van der Waals surface area (Å²) in [4.78, 5) is 24.5. The molecule has 2 aromatic rings. The Hall–Kier alpha value is -3.15. The van der Waals surface area contributed by atoms with Gasteiger partial charge < -0.3 is 16.0 Å². The first-order chi connectivity index (χ1) is 11.5. The summed E-state index contributed by atoms with van der Waals surface area (Å²) >= 11 is 0. The van der Waals surface area contributed by atoms with Gasteiger partial charge in [0.1, 0.15) is 5.82 Å². The predicted molar refractivity (Wildman–Crippen MR) is 88.6 cm³/mol. The molecule has 1 aliphatic rings. The molecule has 3 amide bonds. The maximum atomic E-state index is 13.2. The van der Waals surface area contributed by atoms with Gasteiger partial charge in [-0.25, -0.2) is 9.18 Å². The molecule has 3 rings (SSSR count). The Balaban J connectivity index is 1.94. The highest BCUT2D eigenvalue weighted by Gasteiger charge is 2.31. The summed E-state index contributed by atoms with van der Waals surface area (Å²) in [6.45, 7) is 1.66. The van der Waals surface area contributed by atoms with Crippen molar-refractivity contribution in [3.8, 4) is 0 Å². The molecular weight excluding hydrogens is 309 g/mol. The molecule has 0 saturated carbocycles. The van der Waals surface area contributed by atoms with Crippen LogP contribution in [0.4, 0.5) is 14.9 Å². The quantitative estimate of drug-likeness (QED) is 0.811. The van der Waals surface area contributed by atoms with Crippen molar-refractivity contribution in [2.24, 2.45) is 0 Å². The van der Waals surface area contributed by atoms with Gasteiger partial charge in [0.15, 0.2) is 0 Å². The summed E-state index contributed by atoms with van der Waals surface area (Å²) in [7, 11) is 0. The summed E-state index contributed by atoms with van der Waals surface area (Å²) in [5.41, 5.74) is 2.12. The molecule has 3 N–H and O–H groups in total. The lowest BCUT2D eigenvalue weighted by molar-refractivity contribution is -0.113. The van der Waals surface area contributed by atoms with Gasteiger partial charge in [-0.1, -0.05) is 30.3 Å². The van der Waals surface area contributed by atoms with Gasteiger partial charge in [-0.3, -0.25) is 4.79 Å². The van der Waals surface area contributed by atoms with Crippen LogP contribution in [-0.4, -0.2) is 11.9 Å². The average molecular weight is 325 g/mol. The number of carbonyl (C=O) groups is 2. The number of hydrogen-bond donors (Lipinski definition) is 3. The molecular formula is C18H16FN3O2. The zero-order valence-corrected chi connectivity index (χ0v) is 13.0. The number of carbonyl (C=O) groups excluding carboxylic acids is 2. The van der Waals surface area contributed by atoms with Gasteiger partial charge in [-0.2, -0.15) is 0 Å². The molecule has 0 bridgehead atoms. The number of urea groups is 1. The number of rotatable bonds is 3. The van der Waals surface area contributed by atoms with E-state index in [2.05, 4.69) is 16.0 Å². The largest absolute Gasteiger partial charge is 0.327 e. The first kappa shape index (κ1) is 15.7. The molecule has 2 aromatic carbocycles. The number of para-hydroxylation sites is 1. The van der Waals surface area contributed by atoms with Gasteiger partial charge >= 0.3 is 6.03 Å². The summed E-state index contributed by atoms with van der Waals surface area (Å²) in [6, 6.07) is 13.7. The van der Waals surface area contributed by atoms with Crippen molar-refractivity contribution in [3.05, 3.63) is 77.2 Å². The Labute approximate surface area is 138 Å². The second kappa shape index (κ2) is 6.54. The Kier molecular flexibility index (Phi) is 4.29. The zero-order valence-electron chi connectivity index (χ0n) is 13.0. The molecule has 1 aliphatic heterocycles. The lowest BCUT2D eigenvalue weighted by atomic mass is 9.95. The summed E-state index contributed by atoms with van der Waals surface area (Å²) in [5.74, 6) is -0.712. The van der Waals surface area contributed by atoms with Crippen LogP contribution in [0, 0.1) is 5.82 Å². The van der Waals surface area contributed by atoms with Crippen molar-refractivity contribution in [1.82, 2.24) is 10.6 Å². The van der Waals surface area contributed by atoms with E-state index in [9.17, 15) is 14.0 Å². The number of benzene rings is 2. The molecule has 6 heteroatoms. The van der Waals surface area contributed by atoms with Gasteiger partial charge in [0.25, 0.3) is 5.91 Å². The smallest absolute Gasteiger partial charge is 0.319 e. The van der Waals surface area contributed by atoms with E-state index in [1.165, 1.54) is 12.1 Å².